The predicted octanol–water partition coefficient (Wildman–Crippen LogP) is 0.284. The van der Waals surface area contributed by atoms with Gasteiger partial charge in [0.25, 0.3) is 0 Å². The van der Waals surface area contributed by atoms with Crippen LogP contribution in [0.3, 0.4) is 0 Å². The summed E-state index contributed by atoms with van der Waals surface area (Å²) in [6, 6.07) is 0. The van der Waals surface area contributed by atoms with Gasteiger partial charge < -0.3 is 15.7 Å². The van der Waals surface area contributed by atoms with E-state index in [1.165, 1.54) is 13.0 Å². The molecule has 13 heavy (non-hydrogen) atoms. The Bertz CT molecular complexity index is 152. The zero-order valence-corrected chi connectivity index (χ0v) is 8.74. The van der Waals surface area contributed by atoms with Gasteiger partial charge in [-0.15, -0.1) is 0 Å². The minimum absolute atomic E-state index is 0.320. The second kappa shape index (κ2) is 4.94. The smallest absolute Gasteiger partial charge is 0.0674 e. The lowest BCUT2D eigenvalue weighted by Crippen LogP contribution is -2.28. The molecule has 1 aliphatic carbocycles. The van der Waals surface area contributed by atoms with E-state index in [0.717, 1.165) is 24.8 Å². The quantitative estimate of drug-likeness (QED) is 0.626. The van der Waals surface area contributed by atoms with Crippen LogP contribution in [0, 0.1) is 11.8 Å². The molecule has 1 saturated carbocycles. The summed E-state index contributed by atoms with van der Waals surface area (Å²) in [6.45, 7) is 4.82. The Morgan fingerprint density at radius 3 is 2.69 bits per heavy atom. The highest BCUT2D eigenvalue weighted by Gasteiger charge is 2.32. The first kappa shape index (κ1) is 11.0. The average molecular weight is 186 g/mol. The van der Waals surface area contributed by atoms with Gasteiger partial charge in [0, 0.05) is 19.6 Å². The van der Waals surface area contributed by atoms with Crippen molar-refractivity contribution in [1.29, 1.82) is 0 Å². The van der Waals surface area contributed by atoms with Gasteiger partial charge >= 0.3 is 0 Å². The summed E-state index contributed by atoms with van der Waals surface area (Å²) in [4.78, 5) is 2.30. The van der Waals surface area contributed by atoms with Crippen LogP contribution in [0.1, 0.15) is 19.8 Å². The lowest BCUT2D eigenvalue weighted by molar-refractivity contribution is 0.153. The van der Waals surface area contributed by atoms with Gasteiger partial charge in [-0.2, -0.15) is 0 Å². The largest absolute Gasteiger partial charge is 0.392 e. The summed E-state index contributed by atoms with van der Waals surface area (Å²) >= 11 is 0. The minimum atomic E-state index is -0.320. The van der Waals surface area contributed by atoms with Crippen molar-refractivity contribution in [2.75, 3.05) is 26.7 Å². The summed E-state index contributed by atoms with van der Waals surface area (Å²) < 4.78 is 0. The molecule has 3 nitrogen and oxygen atoms in total. The average Bonchev–Trinajstić information content (AvgIpc) is 2.77. The molecule has 0 aromatic heterocycles. The second-order valence-corrected chi connectivity index (χ2v) is 4.41. The van der Waals surface area contributed by atoms with E-state index in [2.05, 4.69) is 18.9 Å². The van der Waals surface area contributed by atoms with Gasteiger partial charge in [0.1, 0.15) is 0 Å². The molecule has 3 N–H and O–H groups in total. The molecule has 0 aromatic carbocycles. The maximum atomic E-state index is 9.26. The Morgan fingerprint density at radius 2 is 2.23 bits per heavy atom. The Morgan fingerprint density at radius 1 is 1.62 bits per heavy atom. The number of nitrogens with two attached hydrogens (primary N) is 1. The maximum Gasteiger partial charge on any atom is 0.0674 e. The number of hydrogen-bond acceptors (Lipinski definition) is 3. The zero-order chi connectivity index (χ0) is 9.84. The highest BCUT2D eigenvalue weighted by Crippen LogP contribution is 2.37. The molecule has 0 spiro atoms. The van der Waals surface area contributed by atoms with E-state index in [4.69, 9.17) is 5.73 Å². The summed E-state index contributed by atoms with van der Waals surface area (Å²) in [5, 5.41) is 9.26. The van der Waals surface area contributed by atoms with E-state index in [0.29, 0.717) is 6.54 Å². The Balaban J connectivity index is 2.00. The molecular weight excluding hydrogens is 164 g/mol. The maximum absolute atomic E-state index is 9.26. The Kier molecular flexibility index (Phi) is 4.16. The molecule has 0 heterocycles. The molecule has 0 amide bonds. The van der Waals surface area contributed by atoms with Crippen LogP contribution >= 0.6 is 0 Å². The molecule has 0 aliphatic heterocycles. The van der Waals surface area contributed by atoms with Crippen molar-refractivity contribution in [1.82, 2.24) is 4.90 Å². The van der Waals surface area contributed by atoms with Crippen LogP contribution in [0.4, 0.5) is 0 Å². The Hall–Kier alpha value is -0.120. The molecule has 0 saturated heterocycles. The summed E-state index contributed by atoms with van der Waals surface area (Å²) in [5.74, 6) is 1.82. The van der Waals surface area contributed by atoms with Gasteiger partial charge in [-0.05, 0) is 31.7 Å². The minimum Gasteiger partial charge on any atom is -0.392 e. The van der Waals surface area contributed by atoms with Crippen LogP contribution in [-0.2, 0) is 0 Å². The number of aliphatic hydroxyl groups excluding tert-OH is 1. The lowest BCUT2D eigenvalue weighted by atomic mass is 10.2. The first-order chi connectivity index (χ1) is 6.13. The molecule has 3 atom stereocenters. The van der Waals surface area contributed by atoms with Crippen molar-refractivity contribution in [3.05, 3.63) is 0 Å². The molecule has 1 rings (SSSR count). The molecule has 3 unspecified atom stereocenters. The molecular formula is C10H22N2O. The van der Waals surface area contributed by atoms with Gasteiger partial charge in [0.15, 0.2) is 0 Å². The molecule has 1 fully saturated rings. The van der Waals surface area contributed by atoms with Gasteiger partial charge in [-0.1, -0.05) is 6.92 Å². The van der Waals surface area contributed by atoms with E-state index >= 15 is 0 Å². The first-order valence-electron chi connectivity index (χ1n) is 5.20. The summed E-state index contributed by atoms with van der Waals surface area (Å²) in [5.41, 5.74) is 5.33. The lowest BCUT2D eigenvalue weighted by Gasteiger charge is -2.17. The third-order valence-electron chi connectivity index (χ3n) is 2.94. The van der Waals surface area contributed by atoms with E-state index in [1.54, 1.807) is 0 Å². The first-order valence-corrected chi connectivity index (χ1v) is 5.20. The van der Waals surface area contributed by atoms with Crippen LogP contribution < -0.4 is 5.73 Å². The second-order valence-electron chi connectivity index (χ2n) is 4.41. The predicted molar refractivity (Wildman–Crippen MR) is 54.4 cm³/mol. The fourth-order valence-corrected chi connectivity index (χ4v) is 1.63. The third-order valence-corrected chi connectivity index (χ3v) is 2.94. The van der Waals surface area contributed by atoms with Crippen molar-refractivity contribution in [3.8, 4) is 0 Å². The monoisotopic (exact) mass is 186 g/mol. The topological polar surface area (TPSA) is 49.5 Å². The van der Waals surface area contributed by atoms with Crippen LogP contribution in [0.25, 0.3) is 0 Å². The molecule has 0 aromatic rings. The number of aliphatic hydroxyl groups is 1. The number of hydrogen-bond donors (Lipinski definition) is 2. The molecule has 0 radical (unpaired) electrons. The molecule has 3 heteroatoms. The van der Waals surface area contributed by atoms with Crippen molar-refractivity contribution < 1.29 is 5.11 Å². The SMILES string of the molecule is CC1CC1CN(C)CCC(O)CN. The van der Waals surface area contributed by atoms with Gasteiger partial charge in [-0.3, -0.25) is 0 Å². The van der Waals surface area contributed by atoms with Crippen molar-refractivity contribution in [3.63, 3.8) is 0 Å². The van der Waals surface area contributed by atoms with Crippen LogP contribution in [0.5, 0.6) is 0 Å². The molecule has 1 aliphatic rings. The number of rotatable bonds is 6. The van der Waals surface area contributed by atoms with Crippen molar-refractivity contribution in [2.24, 2.45) is 17.6 Å². The fourth-order valence-electron chi connectivity index (χ4n) is 1.63. The molecule has 78 valence electrons. The highest BCUT2D eigenvalue weighted by atomic mass is 16.3. The van der Waals surface area contributed by atoms with E-state index in [9.17, 15) is 5.11 Å². The third kappa shape index (κ3) is 4.07. The van der Waals surface area contributed by atoms with Gasteiger partial charge in [-0.25, -0.2) is 0 Å². The van der Waals surface area contributed by atoms with Crippen molar-refractivity contribution >= 4 is 0 Å². The van der Waals surface area contributed by atoms with E-state index in [-0.39, 0.29) is 6.10 Å². The normalized spacial score (nSPS) is 29.3. The molecule has 0 bridgehead atoms. The van der Waals surface area contributed by atoms with Crippen LogP contribution in [0.15, 0.2) is 0 Å². The van der Waals surface area contributed by atoms with E-state index < -0.39 is 0 Å². The van der Waals surface area contributed by atoms with Crippen LogP contribution in [0.2, 0.25) is 0 Å². The van der Waals surface area contributed by atoms with Gasteiger partial charge in [0.2, 0.25) is 0 Å². The van der Waals surface area contributed by atoms with Gasteiger partial charge in [0.05, 0.1) is 6.10 Å². The Labute approximate surface area is 80.9 Å². The summed E-state index contributed by atoms with van der Waals surface area (Å²) in [7, 11) is 2.12. The van der Waals surface area contributed by atoms with Crippen molar-refractivity contribution in [2.45, 2.75) is 25.9 Å². The summed E-state index contributed by atoms with van der Waals surface area (Å²) in [6.07, 6.45) is 1.86. The highest BCUT2D eigenvalue weighted by molar-refractivity contribution is 4.84. The zero-order valence-electron chi connectivity index (χ0n) is 8.74. The standard InChI is InChI=1S/C10H22N2O/c1-8-5-9(8)7-12(2)4-3-10(13)6-11/h8-10,13H,3-7,11H2,1-2H3. The number of nitrogens with zero attached hydrogens (tertiary/aromatic N) is 1. The fraction of sp³-hybridized carbons (Fsp3) is 1.00. The van der Waals surface area contributed by atoms with Crippen LogP contribution in [-0.4, -0.2) is 42.8 Å². The van der Waals surface area contributed by atoms with E-state index in [1.807, 2.05) is 0 Å².